The molecule has 1 heterocycles. The fraction of sp³-hybridized carbons (Fsp3) is 0.250. The van der Waals surface area contributed by atoms with Crippen molar-refractivity contribution in [2.45, 2.75) is 10.9 Å². The summed E-state index contributed by atoms with van der Waals surface area (Å²) in [5, 5.41) is 3.59. The van der Waals surface area contributed by atoms with Gasteiger partial charge in [-0.2, -0.15) is 4.31 Å². The van der Waals surface area contributed by atoms with Gasteiger partial charge in [0.15, 0.2) is 11.6 Å². The van der Waals surface area contributed by atoms with Gasteiger partial charge in [-0.3, -0.25) is 0 Å². The highest BCUT2D eigenvalue weighted by molar-refractivity contribution is 7.89. The molecule has 128 valence electrons. The molecule has 0 aliphatic carbocycles. The maximum atomic E-state index is 13.5. The van der Waals surface area contributed by atoms with Gasteiger partial charge in [-0.15, -0.1) is 0 Å². The van der Waals surface area contributed by atoms with Crippen molar-refractivity contribution in [3.8, 4) is 0 Å². The molecule has 1 fully saturated rings. The molecular weight excluding hydrogens is 358 g/mol. The number of halogens is 3. The van der Waals surface area contributed by atoms with Crippen molar-refractivity contribution in [1.29, 1.82) is 0 Å². The molecule has 8 heteroatoms. The second-order valence-corrected chi connectivity index (χ2v) is 7.73. The van der Waals surface area contributed by atoms with Crippen molar-refractivity contribution in [3.63, 3.8) is 0 Å². The number of piperazine rings is 1. The minimum atomic E-state index is -3.99. The van der Waals surface area contributed by atoms with Gasteiger partial charge < -0.3 is 5.32 Å². The third kappa shape index (κ3) is 3.17. The first-order chi connectivity index (χ1) is 11.4. The van der Waals surface area contributed by atoms with Gasteiger partial charge in [0.1, 0.15) is 0 Å². The molecule has 3 rings (SSSR count). The topological polar surface area (TPSA) is 49.4 Å². The predicted molar refractivity (Wildman–Crippen MR) is 87.3 cm³/mol. The van der Waals surface area contributed by atoms with Crippen molar-refractivity contribution in [2.75, 3.05) is 19.6 Å². The van der Waals surface area contributed by atoms with Gasteiger partial charge in [0, 0.05) is 24.7 Å². The van der Waals surface area contributed by atoms with Gasteiger partial charge in [-0.1, -0.05) is 29.8 Å². The van der Waals surface area contributed by atoms with Crippen LogP contribution in [0.15, 0.2) is 47.4 Å². The van der Waals surface area contributed by atoms with E-state index in [1.807, 2.05) is 0 Å². The van der Waals surface area contributed by atoms with E-state index in [1.165, 1.54) is 4.31 Å². The molecule has 1 aliphatic heterocycles. The number of rotatable bonds is 3. The van der Waals surface area contributed by atoms with Crippen LogP contribution in [0, 0.1) is 11.6 Å². The summed E-state index contributed by atoms with van der Waals surface area (Å²) in [4.78, 5) is -0.277. The Bertz CT molecular complexity index is 861. The van der Waals surface area contributed by atoms with Crippen LogP contribution in [-0.2, 0) is 10.0 Å². The number of hydrogen-bond acceptors (Lipinski definition) is 3. The molecule has 0 saturated carbocycles. The lowest BCUT2D eigenvalue weighted by atomic mass is 10.1. The van der Waals surface area contributed by atoms with E-state index in [1.54, 1.807) is 24.3 Å². The molecule has 2 aromatic carbocycles. The summed E-state index contributed by atoms with van der Waals surface area (Å²) in [5.74, 6) is -2.28. The molecule has 4 nitrogen and oxygen atoms in total. The van der Waals surface area contributed by atoms with Crippen LogP contribution in [0.1, 0.15) is 11.6 Å². The average Bonchev–Trinajstić information content (AvgIpc) is 2.57. The van der Waals surface area contributed by atoms with Crippen LogP contribution >= 0.6 is 11.6 Å². The Kier molecular flexibility index (Phi) is 4.87. The van der Waals surface area contributed by atoms with Crippen molar-refractivity contribution in [2.24, 2.45) is 0 Å². The first kappa shape index (κ1) is 17.3. The van der Waals surface area contributed by atoms with Gasteiger partial charge in [0.2, 0.25) is 10.0 Å². The number of benzene rings is 2. The van der Waals surface area contributed by atoms with E-state index in [0.29, 0.717) is 29.7 Å². The standard InChI is InChI=1S/C16H15ClF2N2O2S/c17-13-4-2-1-3-12(13)16-10-20-7-8-21(16)24(22,23)11-5-6-14(18)15(19)9-11/h1-6,9,16,20H,7-8,10H2. The molecule has 1 atom stereocenters. The van der Waals surface area contributed by atoms with Crippen LogP contribution in [-0.4, -0.2) is 32.4 Å². The first-order valence-electron chi connectivity index (χ1n) is 7.33. The second kappa shape index (κ2) is 6.76. The minimum absolute atomic E-state index is 0.206. The van der Waals surface area contributed by atoms with E-state index >= 15 is 0 Å². The Morgan fingerprint density at radius 2 is 1.88 bits per heavy atom. The Morgan fingerprint density at radius 1 is 1.12 bits per heavy atom. The Balaban J connectivity index is 2.04. The highest BCUT2D eigenvalue weighted by Gasteiger charge is 2.35. The van der Waals surface area contributed by atoms with Gasteiger partial charge in [-0.25, -0.2) is 17.2 Å². The molecule has 1 N–H and O–H groups in total. The third-order valence-corrected chi connectivity index (χ3v) is 6.20. The van der Waals surface area contributed by atoms with E-state index in [0.717, 1.165) is 12.1 Å². The third-order valence-electron chi connectivity index (χ3n) is 3.96. The summed E-state index contributed by atoms with van der Waals surface area (Å²) in [6, 6.07) is 9.05. The number of nitrogens with one attached hydrogen (secondary N) is 1. The molecule has 1 saturated heterocycles. The number of hydrogen-bond donors (Lipinski definition) is 1. The van der Waals surface area contributed by atoms with E-state index in [-0.39, 0.29) is 11.4 Å². The molecular formula is C16H15ClF2N2O2S. The smallest absolute Gasteiger partial charge is 0.243 e. The van der Waals surface area contributed by atoms with Crippen LogP contribution in [0.5, 0.6) is 0 Å². The molecule has 0 bridgehead atoms. The molecule has 0 radical (unpaired) electrons. The lowest BCUT2D eigenvalue weighted by molar-refractivity contribution is 0.271. The van der Waals surface area contributed by atoms with Crippen molar-refractivity contribution < 1.29 is 17.2 Å². The lowest BCUT2D eigenvalue weighted by Crippen LogP contribution is -2.48. The minimum Gasteiger partial charge on any atom is -0.313 e. The highest BCUT2D eigenvalue weighted by atomic mass is 35.5. The van der Waals surface area contributed by atoms with Gasteiger partial charge in [0.25, 0.3) is 0 Å². The Hall–Kier alpha value is -1.54. The molecule has 0 spiro atoms. The summed E-state index contributed by atoms with van der Waals surface area (Å²) >= 11 is 6.21. The summed E-state index contributed by atoms with van der Waals surface area (Å²) < 4.78 is 53.7. The van der Waals surface area contributed by atoms with E-state index in [9.17, 15) is 17.2 Å². The van der Waals surface area contributed by atoms with E-state index in [2.05, 4.69) is 5.32 Å². The van der Waals surface area contributed by atoms with Gasteiger partial charge in [0.05, 0.1) is 10.9 Å². The molecule has 2 aromatic rings. The van der Waals surface area contributed by atoms with Crippen LogP contribution < -0.4 is 5.32 Å². The van der Waals surface area contributed by atoms with Crippen molar-refractivity contribution in [1.82, 2.24) is 9.62 Å². The van der Waals surface area contributed by atoms with Crippen LogP contribution in [0.25, 0.3) is 0 Å². The summed E-state index contributed by atoms with van der Waals surface area (Å²) in [6.07, 6.45) is 0. The summed E-state index contributed by atoms with van der Waals surface area (Å²) in [5.41, 5.74) is 0.664. The fourth-order valence-corrected chi connectivity index (χ4v) is 4.64. The van der Waals surface area contributed by atoms with Crippen LogP contribution in [0.3, 0.4) is 0 Å². The van der Waals surface area contributed by atoms with Gasteiger partial charge >= 0.3 is 0 Å². The maximum absolute atomic E-state index is 13.5. The zero-order valence-corrected chi connectivity index (χ0v) is 14.1. The molecule has 0 aromatic heterocycles. The van der Waals surface area contributed by atoms with Crippen LogP contribution in [0.4, 0.5) is 8.78 Å². The zero-order chi connectivity index (χ0) is 17.3. The Labute approximate surface area is 144 Å². The van der Waals surface area contributed by atoms with Crippen LogP contribution in [0.2, 0.25) is 5.02 Å². The number of nitrogens with zero attached hydrogens (tertiary/aromatic N) is 1. The molecule has 24 heavy (non-hydrogen) atoms. The van der Waals surface area contributed by atoms with E-state index in [4.69, 9.17) is 11.6 Å². The largest absolute Gasteiger partial charge is 0.313 e. The molecule has 1 unspecified atom stereocenters. The van der Waals surface area contributed by atoms with Gasteiger partial charge in [-0.05, 0) is 29.8 Å². The average molecular weight is 373 g/mol. The summed E-state index contributed by atoms with van der Waals surface area (Å²) in [6.45, 7) is 1.05. The zero-order valence-electron chi connectivity index (χ0n) is 12.5. The maximum Gasteiger partial charge on any atom is 0.243 e. The van der Waals surface area contributed by atoms with Crippen molar-refractivity contribution >= 4 is 21.6 Å². The summed E-state index contributed by atoms with van der Waals surface area (Å²) in [7, 11) is -3.99. The molecule has 0 amide bonds. The normalized spacial score (nSPS) is 19.4. The Morgan fingerprint density at radius 3 is 2.58 bits per heavy atom. The quantitative estimate of drug-likeness (QED) is 0.901. The highest BCUT2D eigenvalue weighted by Crippen LogP contribution is 2.32. The monoisotopic (exact) mass is 372 g/mol. The number of sulfonamides is 1. The SMILES string of the molecule is O=S(=O)(c1ccc(F)c(F)c1)N1CCNCC1c1ccccc1Cl. The second-order valence-electron chi connectivity index (χ2n) is 5.43. The fourth-order valence-electron chi connectivity index (χ4n) is 2.76. The predicted octanol–water partition coefficient (Wildman–Crippen LogP) is 2.95. The first-order valence-corrected chi connectivity index (χ1v) is 9.15. The molecule has 1 aliphatic rings. The van der Waals surface area contributed by atoms with E-state index < -0.39 is 27.7 Å². The van der Waals surface area contributed by atoms with Crippen molar-refractivity contribution in [3.05, 3.63) is 64.7 Å². The lowest BCUT2D eigenvalue weighted by Gasteiger charge is -2.35.